The van der Waals surface area contributed by atoms with Crippen LogP contribution >= 0.6 is 0 Å². The summed E-state index contributed by atoms with van der Waals surface area (Å²) in [5.74, 6) is 0.851. The Kier molecular flexibility index (Phi) is 4.29. The molecule has 0 atom stereocenters. The van der Waals surface area contributed by atoms with Crippen LogP contribution in [0.5, 0.6) is 0 Å². The molecule has 0 fully saturated rings. The topological polar surface area (TPSA) is 43.6 Å². The average Bonchev–Trinajstić information content (AvgIpc) is 3.18. The van der Waals surface area contributed by atoms with Crippen molar-refractivity contribution in [3.8, 4) is 28.5 Å². The minimum atomic E-state index is 0.821. The third kappa shape index (κ3) is 3.05. The zero-order chi connectivity index (χ0) is 21.5. The maximum Gasteiger partial charge on any atom is 0.139 e. The Morgan fingerprint density at radius 1 is 0.594 bits per heavy atom. The molecule has 2 aromatic carbocycles. The lowest BCUT2D eigenvalue weighted by atomic mass is 10.1. The maximum absolute atomic E-state index is 5.07. The highest BCUT2D eigenvalue weighted by atomic mass is 15.1. The van der Waals surface area contributed by atoms with Gasteiger partial charge < -0.3 is 0 Å². The van der Waals surface area contributed by atoms with Crippen molar-refractivity contribution < 1.29 is 0 Å². The molecule has 0 aliphatic rings. The molecule has 0 bridgehead atoms. The second-order valence-corrected chi connectivity index (χ2v) is 7.90. The van der Waals surface area contributed by atoms with E-state index in [0.717, 1.165) is 39.5 Å². The van der Waals surface area contributed by atoms with Crippen molar-refractivity contribution in [2.75, 3.05) is 0 Å². The Hall–Kier alpha value is -4.31. The molecular formula is C28H20N4. The van der Waals surface area contributed by atoms with Crippen LogP contribution in [0.25, 0.3) is 50.3 Å². The summed E-state index contributed by atoms with van der Waals surface area (Å²) in [4.78, 5) is 14.2. The highest BCUT2D eigenvalue weighted by molar-refractivity contribution is 6.09. The van der Waals surface area contributed by atoms with Crippen LogP contribution in [0.4, 0.5) is 0 Å². The summed E-state index contributed by atoms with van der Waals surface area (Å²) >= 11 is 0. The van der Waals surface area contributed by atoms with Gasteiger partial charge in [0.25, 0.3) is 0 Å². The van der Waals surface area contributed by atoms with E-state index in [1.54, 1.807) is 6.20 Å². The fraction of sp³-hybridized carbons (Fsp3) is 0.0357. The van der Waals surface area contributed by atoms with E-state index in [1.807, 2.05) is 42.6 Å². The van der Waals surface area contributed by atoms with Crippen molar-refractivity contribution in [2.45, 2.75) is 6.92 Å². The lowest BCUT2D eigenvalue weighted by Gasteiger charge is -2.12. The number of aromatic nitrogens is 4. The molecule has 4 nitrogen and oxygen atoms in total. The summed E-state index contributed by atoms with van der Waals surface area (Å²) in [7, 11) is 0. The molecule has 0 saturated heterocycles. The van der Waals surface area contributed by atoms with Crippen molar-refractivity contribution in [3.63, 3.8) is 0 Å². The van der Waals surface area contributed by atoms with Gasteiger partial charge in [0.05, 0.1) is 28.1 Å². The Morgan fingerprint density at radius 2 is 1.31 bits per heavy atom. The van der Waals surface area contributed by atoms with Crippen molar-refractivity contribution in [1.29, 1.82) is 0 Å². The first-order valence-corrected chi connectivity index (χ1v) is 10.6. The number of nitrogens with zero attached hydrogens (tertiary/aromatic N) is 4. The third-order valence-corrected chi connectivity index (χ3v) is 5.76. The first kappa shape index (κ1) is 18.5. The van der Waals surface area contributed by atoms with E-state index in [4.69, 9.17) is 4.98 Å². The van der Waals surface area contributed by atoms with E-state index in [1.165, 1.54) is 16.3 Å². The monoisotopic (exact) mass is 412 g/mol. The molecule has 0 unspecified atom stereocenters. The number of fused-ring (bicyclic) bond motifs is 3. The number of hydrogen-bond acceptors (Lipinski definition) is 3. The third-order valence-electron chi connectivity index (χ3n) is 5.76. The zero-order valence-corrected chi connectivity index (χ0v) is 17.6. The van der Waals surface area contributed by atoms with Gasteiger partial charge in [-0.1, -0.05) is 42.0 Å². The van der Waals surface area contributed by atoms with Crippen molar-refractivity contribution in [2.24, 2.45) is 0 Å². The summed E-state index contributed by atoms with van der Waals surface area (Å²) in [6, 6.07) is 31.1. The van der Waals surface area contributed by atoms with Crippen LogP contribution in [0.3, 0.4) is 0 Å². The van der Waals surface area contributed by atoms with Crippen LogP contribution in [0.1, 0.15) is 5.56 Å². The molecule has 6 rings (SSSR count). The highest BCUT2D eigenvalue weighted by Crippen LogP contribution is 2.34. The van der Waals surface area contributed by atoms with Gasteiger partial charge in [-0.3, -0.25) is 14.5 Å². The van der Waals surface area contributed by atoms with Crippen LogP contribution in [0.15, 0.2) is 103 Å². The Bertz CT molecular complexity index is 1510. The lowest BCUT2D eigenvalue weighted by molar-refractivity contribution is 1.08. The van der Waals surface area contributed by atoms with Gasteiger partial charge in [-0.05, 0) is 61.5 Å². The van der Waals surface area contributed by atoms with Crippen molar-refractivity contribution in [1.82, 2.24) is 19.5 Å². The molecule has 0 N–H and O–H groups in total. The number of pyridine rings is 3. The largest absolute Gasteiger partial charge is 0.294 e. The summed E-state index contributed by atoms with van der Waals surface area (Å²) in [6.45, 7) is 2.13. The van der Waals surface area contributed by atoms with Crippen LogP contribution < -0.4 is 0 Å². The van der Waals surface area contributed by atoms with Gasteiger partial charge in [0.15, 0.2) is 0 Å². The molecule has 0 saturated carbocycles. The van der Waals surface area contributed by atoms with E-state index in [2.05, 4.69) is 76.1 Å². The van der Waals surface area contributed by atoms with Gasteiger partial charge in [0.1, 0.15) is 5.82 Å². The summed E-state index contributed by atoms with van der Waals surface area (Å²) in [5.41, 5.74) is 7.08. The molecule has 6 aromatic rings. The molecule has 4 aromatic heterocycles. The number of hydrogen-bond donors (Lipinski definition) is 0. The number of para-hydroxylation sites is 1. The first-order valence-electron chi connectivity index (χ1n) is 10.6. The second-order valence-electron chi connectivity index (χ2n) is 7.90. The minimum absolute atomic E-state index is 0.821. The molecule has 0 amide bonds. The Balaban J connectivity index is 1.70. The summed E-state index contributed by atoms with van der Waals surface area (Å²) < 4.78 is 2.24. The van der Waals surface area contributed by atoms with E-state index in [9.17, 15) is 0 Å². The molecule has 4 heterocycles. The smallest absolute Gasteiger partial charge is 0.139 e. The lowest BCUT2D eigenvalue weighted by Crippen LogP contribution is -2.01. The fourth-order valence-corrected chi connectivity index (χ4v) is 4.29. The van der Waals surface area contributed by atoms with Gasteiger partial charge in [0, 0.05) is 28.7 Å². The molecule has 0 radical (unpaired) electrons. The standard InChI is InChI=1S/C28H20N4/c1-19-12-13-27-22(16-19)21-8-2-3-11-26(21)32(27)28-18-20(23-9-4-6-14-29-23)17-25(31-28)24-10-5-7-15-30-24/h2-18H,1H3. The Morgan fingerprint density at radius 3 is 2.09 bits per heavy atom. The molecule has 0 aliphatic carbocycles. The summed E-state index contributed by atoms with van der Waals surface area (Å²) in [5, 5.41) is 2.45. The van der Waals surface area contributed by atoms with Crippen molar-refractivity contribution in [3.05, 3.63) is 109 Å². The molecule has 0 aliphatic heterocycles. The van der Waals surface area contributed by atoms with Crippen molar-refractivity contribution >= 4 is 21.8 Å². The van der Waals surface area contributed by atoms with Gasteiger partial charge in [0.2, 0.25) is 0 Å². The van der Waals surface area contributed by atoms with Gasteiger partial charge in [-0.2, -0.15) is 0 Å². The fourth-order valence-electron chi connectivity index (χ4n) is 4.29. The van der Waals surface area contributed by atoms with Crippen LogP contribution in [0, 0.1) is 6.92 Å². The van der Waals surface area contributed by atoms with Crippen LogP contribution in [-0.4, -0.2) is 19.5 Å². The summed E-state index contributed by atoms with van der Waals surface area (Å²) in [6.07, 6.45) is 3.62. The highest BCUT2D eigenvalue weighted by Gasteiger charge is 2.16. The number of aryl methyl sites for hydroxylation is 1. The van der Waals surface area contributed by atoms with Crippen LogP contribution in [0.2, 0.25) is 0 Å². The Labute approximate surface area is 185 Å². The number of benzene rings is 2. The normalized spacial score (nSPS) is 11.3. The maximum atomic E-state index is 5.07. The molecule has 0 spiro atoms. The van der Waals surface area contributed by atoms with Gasteiger partial charge >= 0.3 is 0 Å². The van der Waals surface area contributed by atoms with Crippen LogP contribution in [-0.2, 0) is 0 Å². The van der Waals surface area contributed by atoms with E-state index in [-0.39, 0.29) is 0 Å². The molecule has 4 heteroatoms. The predicted octanol–water partition coefficient (Wildman–Crippen LogP) is 6.61. The zero-order valence-electron chi connectivity index (χ0n) is 17.6. The second kappa shape index (κ2) is 7.43. The SMILES string of the molecule is Cc1ccc2c(c1)c1ccccc1n2-c1cc(-c2ccccn2)cc(-c2ccccn2)n1. The van der Waals surface area contributed by atoms with Gasteiger partial charge in [-0.25, -0.2) is 4.98 Å². The quantitative estimate of drug-likeness (QED) is 0.328. The number of rotatable bonds is 3. The van der Waals surface area contributed by atoms with E-state index in [0.29, 0.717) is 0 Å². The molecular weight excluding hydrogens is 392 g/mol. The molecule has 152 valence electrons. The first-order chi connectivity index (χ1) is 15.8. The van der Waals surface area contributed by atoms with E-state index < -0.39 is 0 Å². The van der Waals surface area contributed by atoms with E-state index >= 15 is 0 Å². The molecule has 32 heavy (non-hydrogen) atoms. The minimum Gasteiger partial charge on any atom is -0.294 e. The average molecular weight is 412 g/mol. The predicted molar refractivity (Wildman–Crippen MR) is 130 cm³/mol. The van der Waals surface area contributed by atoms with Gasteiger partial charge in [-0.15, -0.1) is 0 Å².